The molecule has 1 saturated carbocycles. The van der Waals surface area contributed by atoms with Crippen molar-refractivity contribution in [1.82, 2.24) is 21.1 Å². The molecule has 0 bridgehead atoms. The van der Waals surface area contributed by atoms with Gasteiger partial charge in [-0.2, -0.15) is 0 Å². The van der Waals surface area contributed by atoms with Gasteiger partial charge in [-0.05, 0) is 49.9 Å². The van der Waals surface area contributed by atoms with E-state index in [9.17, 15) is 9.59 Å². The first-order valence-electron chi connectivity index (χ1n) is 8.58. The number of hydrogen-bond acceptors (Lipinski definition) is 4. The fraction of sp³-hybridized carbons (Fsp3) is 0.529. The van der Waals surface area contributed by atoms with Gasteiger partial charge in [-0.25, -0.2) is 10.2 Å². The van der Waals surface area contributed by atoms with E-state index in [-0.39, 0.29) is 18.7 Å². The molecule has 8 heteroatoms. The fourth-order valence-corrected chi connectivity index (χ4v) is 3.18. The van der Waals surface area contributed by atoms with Gasteiger partial charge in [0.25, 0.3) is 5.91 Å². The van der Waals surface area contributed by atoms with E-state index in [4.69, 9.17) is 4.74 Å². The lowest BCUT2D eigenvalue weighted by atomic mass is 10.1. The highest BCUT2D eigenvalue weighted by molar-refractivity contribution is 9.10. The molecule has 3 rings (SSSR count). The molecule has 1 aromatic carbocycles. The second-order valence-electron chi connectivity index (χ2n) is 6.43. The lowest BCUT2D eigenvalue weighted by Crippen LogP contribution is -2.53. The first kappa shape index (κ1) is 18.0. The Morgan fingerprint density at radius 3 is 2.40 bits per heavy atom. The molecule has 1 aliphatic heterocycles. The molecule has 0 unspecified atom stereocenters. The van der Waals surface area contributed by atoms with Crippen LogP contribution in [0.3, 0.4) is 0 Å². The highest BCUT2D eigenvalue weighted by Gasteiger charge is 2.32. The van der Waals surface area contributed by atoms with Gasteiger partial charge in [0.1, 0.15) is 5.75 Å². The summed E-state index contributed by atoms with van der Waals surface area (Å²) in [5.41, 5.74) is 4.72. The number of rotatable bonds is 5. The second kappa shape index (κ2) is 8.53. The number of urea groups is 1. The Bertz CT molecular complexity index is 598. The van der Waals surface area contributed by atoms with Crippen molar-refractivity contribution >= 4 is 27.9 Å². The van der Waals surface area contributed by atoms with Crippen LogP contribution in [0, 0.1) is 0 Å². The van der Waals surface area contributed by atoms with Crippen LogP contribution in [0.1, 0.15) is 25.7 Å². The number of carbonyl (C=O) groups excluding carboxylic acids is 2. The van der Waals surface area contributed by atoms with Crippen molar-refractivity contribution in [2.75, 3.05) is 19.7 Å². The Hall–Kier alpha value is -1.80. The molecule has 3 amide bonds. The number of hydrogen-bond donors (Lipinski definition) is 3. The summed E-state index contributed by atoms with van der Waals surface area (Å²) in [5, 5.41) is 2.90. The third-order valence-electron chi connectivity index (χ3n) is 4.43. The Kier molecular flexibility index (Phi) is 6.14. The normalized spacial score (nSPS) is 18.4. The highest BCUT2D eigenvalue weighted by Crippen LogP contribution is 2.29. The van der Waals surface area contributed by atoms with Gasteiger partial charge >= 0.3 is 6.03 Å². The third kappa shape index (κ3) is 5.89. The fourth-order valence-electron chi connectivity index (χ4n) is 2.91. The highest BCUT2D eigenvalue weighted by atomic mass is 79.9. The smallest absolute Gasteiger partial charge is 0.333 e. The minimum atomic E-state index is -0.415. The van der Waals surface area contributed by atoms with Gasteiger partial charge in [-0.3, -0.25) is 10.2 Å². The van der Waals surface area contributed by atoms with Crippen molar-refractivity contribution < 1.29 is 14.3 Å². The van der Waals surface area contributed by atoms with Crippen LogP contribution < -0.4 is 20.9 Å². The van der Waals surface area contributed by atoms with Gasteiger partial charge in [0.05, 0.1) is 0 Å². The van der Waals surface area contributed by atoms with Crippen molar-refractivity contribution in [1.29, 1.82) is 0 Å². The molecule has 1 aromatic rings. The van der Waals surface area contributed by atoms with E-state index in [0.717, 1.165) is 36.4 Å². The van der Waals surface area contributed by atoms with Crippen molar-refractivity contribution in [3.8, 4) is 5.75 Å². The van der Waals surface area contributed by atoms with Crippen LogP contribution in [0.25, 0.3) is 0 Å². The number of ether oxygens (including phenoxy) is 1. The number of halogens is 1. The summed E-state index contributed by atoms with van der Waals surface area (Å²) in [4.78, 5) is 26.1. The van der Waals surface area contributed by atoms with Gasteiger partial charge in [0.15, 0.2) is 6.61 Å². The number of piperidine rings is 1. The molecule has 2 aliphatic rings. The van der Waals surface area contributed by atoms with E-state index in [1.807, 2.05) is 12.1 Å². The van der Waals surface area contributed by atoms with Gasteiger partial charge in [-0.15, -0.1) is 0 Å². The van der Waals surface area contributed by atoms with E-state index < -0.39 is 5.91 Å². The quantitative estimate of drug-likeness (QED) is 0.646. The number of nitrogens with one attached hydrogen (secondary N) is 3. The van der Waals surface area contributed by atoms with Crippen LogP contribution in [0.15, 0.2) is 28.7 Å². The molecule has 1 heterocycles. The lowest BCUT2D eigenvalue weighted by molar-refractivity contribution is -0.123. The van der Waals surface area contributed by atoms with Crippen LogP contribution in [0.4, 0.5) is 4.79 Å². The molecule has 0 aromatic heterocycles. The van der Waals surface area contributed by atoms with Crippen LogP contribution in [-0.2, 0) is 4.79 Å². The van der Waals surface area contributed by atoms with E-state index in [0.29, 0.717) is 5.75 Å². The van der Waals surface area contributed by atoms with Crippen LogP contribution >= 0.6 is 15.9 Å². The number of amides is 3. The summed E-state index contributed by atoms with van der Waals surface area (Å²) < 4.78 is 6.27. The lowest BCUT2D eigenvalue weighted by Gasteiger charge is -2.32. The third-order valence-corrected chi connectivity index (χ3v) is 4.96. The maximum atomic E-state index is 11.9. The van der Waals surface area contributed by atoms with Crippen LogP contribution in [0.2, 0.25) is 0 Å². The van der Waals surface area contributed by atoms with E-state index in [1.54, 1.807) is 12.1 Å². The Morgan fingerprint density at radius 2 is 1.76 bits per heavy atom. The molecule has 25 heavy (non-hydrogen) atoms. The Morgan fingerprint density at radius 1 is 1.08 bits per heavy atom. The minimum absolute atomic E-state index is 0.158. The largest absolute Gasteiger partial charge is 0.484 e. The van der Waals surface area contributed by atoms with E-state index >= 15 is 0 Å². The first-order valence-corrected chi connectivity index (χ1v) is 9.37. The molecule has 0 spiro atoms. The first-order chi connectivity index (χ1) is 12.1. The van der Waals surface area contributed by atoms with Gasteiger partial charge in [0, 0.05) is 29.6 Å². The van der Waals surface area contributed by atoms with Crippen molar-refractivity contribution in [2.45, 2.75) is 37.8 Å². The predicted octanol–water partition coefficient (Wildman–Crippen LogP) is 1.79. The summed E-state index contributed by atoms with van der Waals surface area (Å²) in [6, 6.07) is 7.71. The summed E-state index contributed by atoms with van der Waals surface area (Å²) >= 11 is 3.33. The van der Waals surface area contributed by atoms with Crippen molar-refractivity contribution in [3.05, 3.63) is 28.7 Å². The van der Waals surface area contributed by atoms with Crippen LogP contribution in [-0.4, -0.2) is 48.6 Å². The molecule has 136 valence electrons. The minimum Gasteiger partial charge on any atom is -0.484 e. The number of carbonyl (C=O) groups is 2. The molecule has 7 nitrogen and oxygen atoms in total. The molecular formula is C17H23BrN4O3. The monoisotopic (exact) mass is 410 g/mol. The van der Waals surface area contributed by atoms with Gasteiger partial charge < -0.3 is 15.0 Å². The maximum absolute atomic E-state index is 11.9. The SMILES string of the molecule is O=C(COc1ccc(Br)cc1)NNC(=O)NC1CCN(C2CC2)CC1. The Balaban J connectivity index is 1.29. The van der Waals surface area contributed by atoms with Gasteiger partial charge in [-0.1, -0.05) is 15.9 Å². The molecule has 1 aliphatic carbocycles. The summed E-state index contributed by atoms with van der Waals surface area (Å²) in [7, 11) is 0. The van der Waals surface area contributed by atoms with Crippen molar-refractivity contribution in [2.24, 2.45) is 0 Å². The molecule has 0 atom stereocenters. The standard InChI is InChI=1S/C17H23BrN4O3/c18-12-1-5-15(6-2-12)25-11-16(23)20-21-17(24)19-13-7-9-22(10-8-13)14-3-4-14/h1-2,5-6,13-14H,3-4,7-11H2,(H,20,23)(H2,19,21,24). The Labute approximate surface area is 155 Å². The topological polar surface area (TPSA) is 82.7 Å². The number of benzene rings is 1. The van der Waals surface area contributed by atoms with E-state index in [2.05, 4.69) is 37.0 Å². The summed E-state index contributed by atoms with van der Waals surface area (Å²) in [6.45, 7) is 1.90. The zero-order valence-corrected chi connectivity index (χ0v) is 15.5. The predicted molar refractivity (Wildman–Crippen MR) is 97.1 cm³/mol. The second-order valence-corrected chi connectivity index (χ2v) is 7.35. The average Bonchev–Trinajstić information content (AvgIpc) is 3.45. The summed E-state index contributed by atoms with van der Waals surface area (Å²) in [6.07, 6.45) is 4.52. The number of hydrazine groups is 1. The van der Waals surface area contributed by atoms with Gasteiger partial charge in [0.2, 0.25) is 0 Å². The molecule has 0 radical (unpaired) electrons. The van der Waals surface area contributed by atoms with Crippen LogP contribution in [0.5, 0.6) is 5.75 Å². The molecule has 1 saturated heterocycles. The number of likely N-dealkylation sites (tertiary alicyclic amines) is 1. The van der Waals surface area contributed by atoms with Crippen molar-refractivity contribution in [3.63, 3.8) is 0 Å². The molecular weight excluding hydrogens is 388 g/mol. The number of nitrogens with zero attached hydrogens (tertiary/aromatic N) is 1. The zero-order valence-electron chi connectivity index (χ0n) is 14.0. The zero-order chi connectivity index (χ0) is 17.6. The van der Waals surface area contributed by atoms with E-state index in [1.165, 1.54) is 12.8 Å². The average molecular weight is 411 g/mol. The molecule has 2 fully saturated rings. The summed E-state index contributed by atoms with van der Waals surface area (Å²) in [5.74, 6) is 0.173. The molecule has 3 N–H and O–H groups in total. The maximum Gasteiger partial charge on any atom is 0.333 e.